The summed E-state index contributed by atoms with van der Waals surface area (Å²) in [6.07, 6.45) is 6.96. The second kappa shape index (κ2) is 6.57. The lowest BCUT2D eigenvalue weighted by atomic mass is 9.82. The first-order chi connectivity index (χ1) is 11.1. The largest absolute Gasteiger partial charge is 0.335 e. The molecule has 1 amide bonds. The number of hydrogen-bond donors (Lipinski definition) is 0. The van der Waals surface area contributed by atoms with E-state index in [4.69, 9.17) is 0 Å². The van der Waals surface area contributed by atoms with Crippen molar-refractivity contribution in [3.05, 3.63) is 53.3 Å². The zero-order chi connectivity index (χ0) is 16.4. The van der Waals surface area contributed by atoms with E-state index in [0.29, 0.717) is 6.54 Å². The Morgan fingerprint density at radius 3 is 2.87 bits per heavy atom. The van der Waals surface area contributed by atoms with Gasteiger partial charge in [-0.05, 0) is 44.2 Å². The standard InChI is InChI=1S/C19H25N3O/c1-14(2)22(13-15-11-20-21(3)12-15)19(23)18-10-6-8-16-7-4-5-9-17(16)18/h4-5,7,9,11-12,14,18H,6,8,10,13H2,1-3H3. The second-order valence-corrected chi connectivity index (χ2v) is 6.73. The highest BCUT2D eigenvalue weighted by Gasteiger charge is 2.31. The number of carbonyl (C=O) groups is 1. The molecule has 1 aliphatic rings. The normalized spacial score (nSPS) is 17.1. The van der Waals surface area contributed by atoms with E-state index in [-0.39, 0.29) is 17.9 Å². The van der Waals surface area contributed by atoms with Gasteiger partial charge in [0.25, 0.3) is 0 Å². The molecule has 0 saturated carbocycles. The number of benzene rings is 1. The van der Waals surface area contributed by atoms with Crippen LogP contribution in [0.15, 0.2) is 36.7 Å². The molecule has 4 nitrogen and oxygen atoms in total. The maximum absolute atomic E-state index is 13.2. The first-order valence-corrected chi connectivity index (χ1v) is 8.42. The summed E-state index contributed by atoms with van der Waals surface area (Å²) in [7, 11) is 1.91. The molecule has 4 heteroatoms. The Bertz CT molecular complexity index is 689. The highest BCUT2D eigenvalue weighted by molar-refractivity contribution is 5.84. The minimum Gasteiger partial charge on any atom is -0.335 e. The van der Waals surface area contributed by atoms with Crippen molar-refractivity contribution in [2.24, 2.45) is 7.05 Å². The Kier molecular flexibility index (Phi) is 4.51. The molecule has 122 valence electrons. The second-order valence-electron chi connectivity index (χ2n) is 6.73. The van der Waals surface area contributed by atoms with Crippen molar-refractivity contribution in [3.63, 3.8) is 0 Å². The van der Waals surface area contributed by atoms with Crippen LogP contribution in [-0.4, -0.2) is 26.6 Å². The third-order valence-corrected chi connectivity index (χ3v) is 4.69. The molecule has 1 aliphatic carbocycles. The van der Waals surface area contributed by atoms with E-state index >= 15 is 0 Å². The summed E-state index contributed by atoms with van der Waals surface area (Å²) in [6.45, 7) is 4.80. The number of amides is 1. The van der Waals surface area contributed by atoms with Gasteiger partial charge < -0.3 is 4.90 Å². The minimum atomic E-state index is -0.000906. The summed E-state index contributed by atoms with van der Waals surface area (Å²) < 4.78 is 1.79. The predicted octanol–water partition coefficient (Wildman–Crippen LogP) is 3.28. The fourth-order valence-electron chi connectivity index (χ4n) is 3.48. The third kappa shape index (κ3) is 3.31. The molecule has 1 aromatic carbocycles. The Balaban J connectivity index is 1.84. The molecule has 1 atom stereocenters. The Labute approximate surface area is 138 Å². The van der Waals surface area contributed by atoms with E-state index in [1.807, 2.05) is 30.4 Å². The van der Waals surface area contributed by atoms with Crippen LogP contribution in [-0.2, 0) is 24.8 Å². The monoisotopic (exact) mass is 311 g/mol. The summed E-state index contributed by atoms with van der Waals surface area (Å²) in [5.74, 6) is 0.245. The molecule has 0 radical (unpaired) electrons. The van der Waals surface area contributed by atoms with Crippen LogP contribution in [0.4, 0.5) is 0 Å². The summed E-state index contributed by atoms with van der Waals surface area (Å²) in [5.41, 5.74) is 3.64. The molecule has 1 unspecified atom stereocenters. The van der Waals surface area contributed by atoms with Gasteiger partial charge in [-0.1, -0.05) is 24.3 Å². The van der Waals surface area contributed by atoms with Gasteiger partial charge in [-0.25, -0.2) is 0 Å². The molecule has 3 rings (SSSR count). The van der Waals surface area contributed by atoms with Crippen molar-refractivity contribution in [2.75, 3.05) is 0 Å². The van der Waals surface area contributed by atoms with Crippen LogP contribution < -0.4 is 0 Å². The SMILES string of the molecule is CC(C)N(Cc1cnn(C)c1)C(=O)C1CCCc2ccccc21. The van der Waals surface area contributed by atoms with Crippen LogP contribution in [0.3, 0.4) is 0 Å². The summed E-state index contributed by atoms with van der Waals surface area (Å²) in [6, 6.07) is 8.58. The van der Waals surface area contributed by atoms with Crippen molar-refractivity contribution in [3.8, 4) is 0 Å². The molecule has 0 spiro atoms. The number of hydrogen-bond acceptors (Lipinski definition) is 2. The molecule has 2 aromatic rings. The number of aromatic nitrogens is 2. The van der Waals surface area contributed by atoms with Crippen LogP contribution in [0.1, 0.15) is 49.3 Å². The van der Waals surface area contributed by atoms with Gasteiger partial charge in [0, 0.05) is 31.4 Å². The van der Waals surface area contributed by atoms with E-state index < -0.39 is 0 Å². The Hall–Kier alpha value is -2.10. The predicted molar refractivity (Wildman–Crippen MR) is 91.0 cm³/mol. The molecule has 0 N–H and O–H groups in total. The molecule has 0 fully saturated rings. The summed E-state index contributed by atoms with van der Waals surface area (Å²) in [5, 5.41) is 4.22. The van der Waals surface area contributed by atoms with Gasteiger partial charge >= 0.3 is 0 Å². The van der Waals surface area contributed by atoms with Crippen LogP contribution in [0.25, 0.3) is 0 Å². The first kappa shape index (κ1) is 15.8. The topological polar surface area (TPSA) is 38.1 Å². The molecular formula is C19H25N3O. The molecule has 0 saturated heterocycles. The zero-order valence-electron chi connectivity index (χ0n) is 14.2. The summed E-state index contributed by atoms with van der Waals surface area (Å²) >= 11 is 0. The minimum absolute atomic E-state index is 0.000906. The highest BCUT2D eigenvalue weighted by Crippen LogP contribution is 2.33. The molecule has 1 heterocycles. The number of nitrogens with zero attached hydrogens (tertiary/aromatic N) is 3. The lowest BCUT2D eigenvalue weighted by molar-refractivity contribution is -0.135. The zero-order valence-corrected chi connectivity index (χ0v) is 14.2. The van der Waals surface area contributed by atoms with Crippen LogP contribution in [0.5, 0.6) is 0 Å². The lowest BCUT2D eigenvalue weighted by Crippen LogP contribution is -2.40. The van der Waals surface area contributed by atoms with E-state index in [1.54, 1.807) is 4.68 Å². The third-order valence-electron chi connectivity index (χ3n) is 4.69. The van der Waals surface area contributed by atoms with E-state index in [0.717, 1.165) is 24.8 Å². The maximum atomic E-state index is 13.2. The quantitative estimate of drug-likeness (QED) is 0.869. The van der Waals surface area contributed by atoms with Gasteiger partial charge in [0.05, 0.1) is 12.1 Å². The van der Waals surface area contributed by atoms with Gasteiger partial charge in [0.2, 0.25) is 5.91 Å². The molecule has 23 heavy (non-hydrogen) atoms. The van der Waals surface area contributed by atoms with Gasteiger partial charge in [0.1, 0.15) is 0 Å². The van der Waals surface area contributed by atoms with Crippen molar-refractivity contribution < 1.29 is 4.79 Å². The molecule has 0 bridgehead atoms. The molecule has 1 aromatic heterocycles. The van der Waals surface area contributed by atoms with Gasteiger partial charge in [-0.2, -0.15) is 5.10 Å². The van der Waals surface area contributed by atoms with E-state index in [9.17, 15) is 4.79 Å². The van der Waals surface area contributed by atoms with Crippen molar-refractivity contribution in [1.82, 2.24) is 14.7 Å². The average Bonchev–Trinajstić information content (AvgIpc) is 2.96. The lowest BCUT2D eigenvalue weighted by Gasteiger charge is -2.33. The average molecular weight is 311 g/mol. The van der Waals surface area contributed by atoms with E-state index in [2.05, 4.69) is 37.1 Å². The highest BCUT2D eigenvalue weighted by atomic mass is 16.2. The van der Waals surface area contributed by atoms with E-state index in [1.165, 1.54) is 11.1 Å². The fourth-order valence-corrected chi connectivity index (χ4v) is 3.48. The van der Waals surface area contributed by atoms with Crippen LogP contribution in [0.2, 0.25) is 0 Å². The van der Waals surface area contributed by atoms with Gasteiger partial charge in [-0.3, -0.25) is 9.48 Å². The summed E-state index contributed by atoms with van der Waals surface area (Å²) in [4.78, 5) is 15.2. The maximum Gasteiger partial charge on any atom is 0.230 e. The Morgan fingerprint density at radius 1 is 1.39 bits per heavy atom. The van der Waals surface area contributed by atoms with Gasteiger partial charge in [-0.15, -0.1) is 0 Å². The van der Waals surface area contributed by atoms with Crippen molar-refractivity contribution in [1.29, 1.82) is 0 Å². The number of fused-ring (bicyclic) bond motifs is 1. The van der Waals surface area contributed by atoms with Crippen molar-refractivity contribution in [2.45, 2.75) is 51.6 Å². The van der Waals surface area contributed by atoms with Crippen LogP contribution in [0, 0.1) is 0 Å². The Morgan fingerprint density at radius 2 is 2.17 bits per heavy atom. The number of aryl methyl sites for hydroxylation is 2. The first-order valence-electron chi connectivity index (χ1n) is 8.42. The van der Waals surface area contributed by atoms with Crippen molar-refractivity contribution >= 4 is 5.91 Å². The molecule has 0 aliphatic heterocycles. The molecular weight excluding hydrogens is 286 g/mol. The fraction of sp³-hybridized carbons (Fsp3) is 0.474. The smallest absolute Gasteiger partial charge is 0.230 e. The number of rotatable bonds is 4. The van der Waals surface area contributed by atoms with Crippen LogP contribution >= 0.6 is 0 Å². The van der Waals surface area contributed by atoms with Gasteiger partial charge in [0.15, 0.2) is 0 Å². The number of carbonyl (C=O) groups excluding carboxylic acids is 1.